The molecule has 0 bridgehead atoms. The number of hydrogen-bond donors (Lipinski definition) is 1. The molecule has 1 aromatic carbocycles. The Morgan fingerprint density at radius 1 is 1.10 bits per heavy atom. The number of nitrogen functional groups attached to an aromatic ring is 1. The quantitative estimate of drug-likeness (QED) is 0.816. The maximum Gasteiger partial charge on any atom is 0.172 e. The van der Waals surface area contributed by atoms with Gasteiger partial charge in [-0.15, -0.1) is 0 Å². The molecule has 0 aliphatic heterocycles. The lowest BCUT2D eigenvalue weighted by atomic mass is 10.2. The Balaban J connectivity index is 2.34. The first-order chi connectivity index (χ1) is 9.63. The summed E-state index contributed by atoms with van der Waals surface area (Å²) in [4.78, 5) is 11.4. The number of rotatable bonds is 6. The predicted molar refractivity (Wildman–Crippen MR) is 86.0 cm³/mol. The molecule has 0 amide bonds. The fraction of sp³-hybridized carbons (Fsp3) is 0.500. The van der Waals surface area contributed by atoms with Crippen molar-refractivity contribution in [3.8, 4) is 0 Å². The van der Waals surface area contributed by atoms with Gasteiger partial charge in [-0.3, -0.25) is 0 Å². The summed E-state index contributed by atoms with van der Waals surface area (Å²) >= 11 is 0. The molecule has 0 fully saturated rings. The van der Waals surface area contributed by atoms with Crippen molar-refractivity contribution in [2.24, 2.45) is 0 Å². The standard InChI is InChI=1S/C16H24N4/c1-4-5-8-11-20(12(2)3)16-15(17)18-13-9-6-7-10-14(13)19-16/h6-7,9-10,12H,4-5,8,11H2,1-3H3,(H2,17,18). The van der Waals surface area contributed by atoms with Crippen molar-refractivity contribution in [3.05, 3.63) is 24.3 Å². The van der Waals surface area contributed by atoms with Gasteiger partial charge in [0.15, 0.2) is 11.6 Å². The molecule has 0 aliphatic carbocycles. The Hall–Kier alpha value is -1.84. The zero-order chi connectivity index (χ0) is 14.5. The Bertz CT molecular complexity index is 565. The summed E-state index contributed by atoms with van der Waals surface area (Å²) in [5, 5.41) is 0. The highest BCUT2D eigenvalue weighted by atomic mass is 15.2. The highest BCUT2D eigenvalue weighted by Gasteiger charge is 2.16. The molecule has 2 aromatic rings. The summed E-state index contributed by atoms with van der Waals surface area (Å²) in [6.07, 6.45) is 3.59. The van der Waals surface area contributed by atoms with Gasteiger partial charge in [0.1, 0.15) is 0 Å². The van der Waals surface area contributed by atoms with Crippen molar-refractivity contribution in [2.75, 3.05) is 17.2 Å². The van der Waals surface area contributed by atoms with E-state index in [2.05, 4.69) is 30.7 Å². The molecule has 1 aromatic heterocycles. The van der Waals surface area contributed by atoms with E-state index < -0.39 is 0 Å². The van der Waals surface area contributed by atoms with Gasteiger partial charge in [0.2, 0.25) is 0 Å². The molecule has 0 saturated carbocycles. The predicted octanol–water partition coefficient (Wildman–Crippen LogP) is 3.62. The van der Waals surface area contributed by atoms with Crippen molar-refractivity contribution < 1.29 is 0 Å². The van der Waals surface area contributed by atoms with Crippen LogP contribution in [-0.2, 0) is 0 Å². The second kappa shape index (κ2) is 6.55. The third kappa shape index (κ3) is 3.18. The van der Waals surface area contributed by atoms with Crippen molar-refractivity contribution in [1.82, 2.24) is 9.97 Å². The number of fused-ring (bicyclic) bond motifs is 1. The molecule has 4 heteroatoms. The van der Waals surface area contributed by atoms with Crippen LogP contribution < -0.4 is 10.6 Å². The molecule has 0 saturated heterocycles. The van der Waals surface area contributed by atoms with E-state index in [9.17, 15) is 0 Å². The van der Waals surface area contributed by atoms with Crippen LogP contribution in [-0.4, -0.2) is 22.6 Å². The second-order valence-electron chi connectivity index (χ2n) is 5.42. The summed E-state index contributed by atoms with van der Waals surface area (Å²) in [6.45, 7) is 7.52. The van der Waals surface area contributed by atoms with Crippen LogP contribution in [0, 0.1) is 0 Å². The maximum atomic E-state index is 6.11. The normalized spacial score (nSPS) is 11.2. The molecule has 0 atom stereocenters. The van der Waals surface area contributed by atoms with E-state index in [-0.39, 0.29) is 0 Å². The van der Waals surface area contributed by atoms with Gasteiger partial charge < -0.3 is 10.6 Å². The smallest absolute Gasteiger partial charge is 0.172 e. The van der Waals surface area contributed by atoms with Gasteiger partial charge in [0.05, 0.1) is 11.0 Å². The Morgan fingerprint density at radius 2 is 1.75 bits per heavy atom. The van der Waals surface area contributed by atoms with E-state index in [0.717, 1.165) is 29.8 Å². The van der Waals surface area contributed by atoms with Crippen LogP contribution in [0.25, 0.3) is 11.0 Å². The summed E-state index contributed by atoms with van der Waals surface area (Å²) in [6, 6.07) is 8.23. The van der Waals surface area contributed by atoms with Crippen LogP contribution in [0.3, 0.4) is 0 Å². The van der Waals surface area contributed by atoms with E-state index in [1.807, 2.05) is 24.3 Å². The van der Waals surface area contributed by atoms with Crippen molar-refractivity contribution in [1.29, 1.82) is 0 Å². The molecule has 0 spiro atoms. The number of nitrogens with zero attached hydrogens (tertiary/aromatic N) is 3. The molecular formula is C16H24N4. The fourth-order valence-corrected chi connectivity index (χ4v) is 2.36. The minimum atomic E-state index is 0.365. The van der Waals surface area contributed by atoms with Crippen molar-refractivity contribution >= 4 is 22.7 Å². The number of unbranched alkanes of at least 4 members (excludes halogenated alkanes) is 2. The molecule has 2 rings (SSSR count). The molecular weight excluding hydrogens is 248 g/mol. The minimum absolute atomic E-state index is 0.365. The van der Waals surface area contributed by atoms with Gasteiger partial charge in [-0.1, -0.05) is 31.9 Å². The average molecular weight is 272 g/mol. The van der Waals surface area contributed by atoms with Crippen LogP contribution in [0.4, 0.5) is 11.6 Å². The highest BCUT2D eigenvalue weighted by Crippen LogP contribution is 2.24. The summed E-state index contributed by atoms with van der Waals surface area (Å²) in [5.74, 6) is 1.34. The average Bonchev–Trinajstić information content (AvgIpc) is 2.43. The third-order valence-corrected chi connectivity index (χ3v) is 3.48. The first-order valence-corrected chi connectivity index (χ1v) is 7.42. The molecule has 0 unspecified atom stereocenters. The van der Waals surface area contributed by atoms with Crippen LogP contribution in [0.1, 0.15) is 40.0 Å². The lowest BCUT2D eigenvalue weighted by Crippen LogP contribution is -2.33. The maximum absolute atomic E-state index is 6.11. The highest BCUT2D eigenvalue weighted by molar-refractivity contribution is 5.79. The van der Waals surface area contributed by atoms with Gasteiger partial charge in [-0.2, -0.15) is 0 Å². The van der Waals surface area contributed by atoms with E-state index in [4.69, 9.17) is 10.7 Å². The fourth-order valence-electron chi connectivity index (χ4n) is 2.36. The Morgan fingerprint density at radius 3 is 2.35 bits per heavy atom. The van der Waals surface area contributed by atoms with E-state index in [0.29, 0.717) is 11.9 Å². The monoisotopic (exact) mass is 272 g/mol. The minimum Gasteiger partial charge on any atom is -0.381 e. The zero-order valence-corrected chi connectivity index (χ0v) is 12.6. The van der Waals surface area contributed by atoms with Crippen LogP contribution in [0.5, 0.6) is 0 Å². The second-order valence-corrected chi connectivity index (χ2v) is 5.42. The molecule has 108 valence electrons. The van der Waals surface area contributed by atoms with Gasteiger partial charge in [0, 0.05) is 12.6 Å². The van der Waals surface area contributed by atoms with Gasteiger partial charge in [-0.25, -0.2) is 9.97 Å². The van der Waals surface area contributed by atoms with Crippen LogP contribution in [0.15, 0.2) is 24.3 Å². The molecule has 4 nitrogen and oxygen atoms in total. The molecule has 20 heavy (non-hydrogen) atoms. The molecule has 0 aliphatic rings. The largest absolute Gasteiger partial charge is 0.381 e. The number of para-hydroxylation sites is 2. The molecule has 0 radical (unpaired) electrons. The summed E-state index contributed by atoms with van der Waals surface area (Å²) < 4.78 is 0. The Kier molecular flexibility index (Phi) is 4.77. The lowest BCUT2D eigenvalue weighted by Gasteiger charge is -2.28. The molecule has 2 N–H and O–H groups in total. The number of benzene rings is 1. The molecule has 1 heterocycles. The SMILES string of the molecule is CCCCCN(c1nc2ccccc2nc1N)C(C)C. The third-order valence-electron chi connectivity index (χ3n) is 3.48. The van der Waals surface area contributed by atoms with Crippen LogP contribution >= 0.6 is 0 Å². The summed E-state index contributed by atoms with van der Waals surface area (Å²) in [7, 11) is 0. The zero-order valence-electron chi connectivity index (χ0n) is 12.6. The van der Waals surface area contributed by atoms with E-state index in [1.165, 1.54) is 12.8 Å². The van der Waals surface area contributed by atoms with Crippen LogP contribution in [0.2, 0.25) is 0 Å². The first kappa shape index (κ1) is 14.6. The van der Waals surface area contributed by atoms with E-state index >= 15 is 0 Å². The number of aromatic nitrogens is 2. The first-order valence-electron chi connectivity index (χ1n) is 7.42. The van der Waals surface area contributed by atoms with Crippen molar-refractivity contribution in [3.63, 3.8) is 0 Å². The van der Waals surface area contributed by atoms with Gasteiger partial charge in [-0.05, 0) is 32.4 Å². The lowest BCUT2D eigenvalue weighted by molar-refractivity contribution is 0.621. The number of anilines is 2. The van der Waals surface area contributed by atoms with E-state index in [1.54, 1.807) is 0 Å². The topological polar surface area (TPSA) is 55.0 Å². The Labute approximate surface area is 121 Å². The van der Waals surface area contributed by atoms with Crippen molar-refractivity contribution in [2.45, 2.75) is 46.1 Å². The number of hydrogen-bond acceptors (Lipinski definition) is 4. The summed E-state index contributed by atoms with van der Waals surface area (Å²) in [5.41, 5.74) is 7.87. The van der Waals surface area contributed by atoms with Gasteiger partial charge in [0.25, 0.3) is 0 Å². The van der Waals surface area contributed by atoms with Gasteiger partial charge >= 0.3 is 0 Å². The number of nitrogens with two attached hydrogens (primary N) is 1.